The molecule has 2 amide bonds. The fourth-order valence-electron chi connectivity index (χ4n) is 1.40. The molecule has 1 aromatic rings. The molecule has 0 aliphatic rings. The van der Waals surface area contributed by atoms with Crippen LogP contribution in [0.1, 0.15) is 10.4 Å². The Morgan fingerprint density at radius 3 is 2.56 bits per heavy atom. The van der Waals surface area contributed by atoms with Gasteiger partial charge in [-0.3, -0.25) is 9.59 Å². The summed E-state index contributed by atoms with van der Waals surface area (Å²) < 4.78 is 0. The van der Waals surface area contributed by atoms with Gasteiger partial charge in [-0.25, -0.2) is 0 Å². The van der Waals surface area contributed by atoms with Crippen molar-refractivity contribution in [1.29, 1.82) is 0 Å². The number of nitrogens with zero attached hydrogens (tertiary/aromatic N) is 1. The first-order valence-corrected chi connectivity index (χ1v) is 5.51. The second-order valence-electron chi connectivity index (χ2n) is 4.03. The molecule has 0 radical (unpaired) electrons. The topological polar surface area (TPSA) is 87.5 Å². The monoisotopic (exact) mass is 250 g/mol. The average molecular weight is 250 g/mol. The highest BCUT2D eigenvalue weighted by Crippen LogP contribution is 2.20. The smallest absolute Gasteiger partial charge is 0.255 e. The molecule has 0 saturated heterocycles. The molecule has 0 saturated carbocycles. The first kappa shape index (κ1) is 13.8. The summed E-state index contributed by atoms with van der Waals surface area (Å²) in [5, 5.41) is 5.39. The SMILES string of the molecule is CNC(=O)CNc1cc(N)ccc1C(=O)N(C)C. The van der Waals surface area contributed by atoms with Gasteiger partial charge in [-0.15, -0.1) is 0 Å². The highest BCUT2D eigenvalue weighted by molar-refractivity contribution is 6.00. The number of likely N-dealkylation sites (N-methyl/N-ethyl adjacent to an activating group) is 1. The van der Waals surface area contributed by atoms with E-state index in [0.717, 1.165) is 0 Å². The molecule has 0 aromatic heterocycles. The van der Waals surface area contributed by atoms with Gasteiger partial charge in [-0.2, -0.15) is 0 Å². The maximum atomic E-state index is 11.9. The van der Waals surface area contributed by atoms with Crippen molar-refractivity contribution in [3.05, 3.63) is 23.8 Å². The Morgan fingerprint density at radius 2 is 2.00 bits per heavy atom. The molecule has 18 heavy (non-hydrogen) atoms. The van der Waals surface area contributed by atoms with E-state index in [1.54, 1.807) is 39.3 Å². The molecule has 1 rings (SSSR count). The number of amides is 2. The van der Waals surface area contributed by atoms with Crippen molar-refractivity contribution >= 4 is 23.2 Å². The van der Waals surface area contributed by atoms with Crippen LogP contribution in [0.25, 0.3) is 0 Å². The van der Waals surface area contributed by atoms with E-state index in [2.05, 4.69) is 10.6 Å². The Labute approximate surface area is 106 Å². The molecule has 0 atom stereocenters. The zero-order chi connectivity index (χ0) is 13.7. The van der Waals surface area contributed by atoms with Crippen molar-refractivity contribution < 1.29 is 9.59 Å². The lowest BCUT2D eigenvalue weighted by Gasteiger charge is -2.15. The third kappa shape index (κ3) is 3.38. The van der Waals surface area contributed by atoms with Crippen LogP contribution in [0, 0.1) is 0 Å². The summed E-state index contributed by atoms with van der Waals surface area (Å²) in [6.45, 7) is 0.0909. The summed E-state index contributed by atoms with van der Waals surface area (Å²) in [6, 6.07) is 4.94. The van der Waals surface area contributed by atoms with Crippen molar-refractivity contribution in [3.63, 3.8) is 0 Å². The maximum absolute atomic E-state index is 11.9. The molecule has 0 heterocycles. The Kier molecular flexibility index (Phi) is 4.53. The molecule has 6 heteroatoms. The van der Waals surface area contributed by atoms with Crippen LogP contribution < -0.4 is 16.4 Å². The van der Waals surface area contributed by atoms with Crippen molar-refractivity contribution in [2.24, 2.45) is 0 Å². The lowest BCUT2D eigenvalue weighted by atomic mass is 10.1. The average Bonchev–Trinajstić information content (AvgIpc) is 2.35. The van der Waals surface area contributed by atoms with Gasteiger partial charge in [-0.05, 0) is 18.2 Å². The van der Waals surface area contributed by atoms with E-state index >= 15 is 0 Å². The minimum absolute atomic E-state index is 0.0909. The molecule has 98 valence electrons. The van der Waals surface area contributed by atoms with Crippen LogP contribution in [0.3, 0.4) is 0 Å². The molecular formula is C12H18N4O2. The Balaban J connectivity index is 2.97. The van der Waals surface area contributed by atoms with E-state index in [0.29, 0.717) is 16.9 Å². The maximum Gasteiger partial charge on any atom is 0.255 e. The van der Waals surface area contributed by atoms with Crippen LogP contribution in [0.15, 0.2) is 18.2 Å². The van der Waals surface area contributed by atoms with Gasteiger partial charge < -0.3 is 21.3 Å². The molecule has 0 unspecified atom stereocenters. The van der Waals surface area contributed by atoms with Crippen molar-refractivity contribution in [3.8, 4) is 0 Å². The Morgan fingerprint density at radius 1 is 1.33 bits per heavy atom. The second kappa shape index (κ2) is 5.90. The van der Waals surface area contributed by atoms with Gasteiger partial charge in [0.05, 0.1) is 12.1 Å². The van der Waals surface area contributed by atoms with E-state index in [4.69, 9.17) is 5.73 Å². The number of carbonyl (C=O) groups is 2. The summed E-state index contributed by atoms with van der Waals surface area (Å²) in [5.74, 6) is -0.310. The highest BCUT2D eigenvalue weighted by Gasteiger charge is 2.13. The summed E-state index contributed by atoms with van der Waals surface area (Å²) >= 11 is 0. The predicted octanol–water partition coefficient (Wildman–Crippen LogP) is 0.129. The van der Waals surface area contributed by atoms with Gasteiger partial charge in [0.15, 0.2) is 0 Å². The fraction of sp³-hybridized carbons (Fsp3) is 0.333. The van der Waals surface area contributed by atoms with E-state index in [1.807, 2.05) is 0 Å². The largest absolute Gasteiger partial charge is 0.399 e. The minimum atomic E-state index is -0.166. The minimum Gasteiger partial charge on any atom is -0.399 e. The molecule has 4 N–H and O–H groups in total. The zero-order valence-electron chi connectivity index (χ0n) is 10.8. The van der Waals surface area contributed by atoms with Gasteiger partial charge in [0.25, 0.3) is 5.91 Å². The zero-order valence-corrected chi connectivity index (χ0v) is 10.8. The number of hydrogen-bond acceptors (Lipinski definition) is 4. The van der Waals surface area contributed by atoms with Crippen molar-refractivity contribution in [1.82, 2.24) is 10.2 Å². The van der Waals surface area contributed by atoms with Gasteiger partial charge in [0.2, 0.25) is 5.91 Å². The normalized spacial score (nSPS) is 9.72. The van der Waals surface area contributed by atoms with Crippen LogP contribution in [-0.4, -0.2) is 44.4 Å². The molecule has 0 fully saturated rings. The van der Waals surface area contributed by atoms with E-state index in [9.17, 15) is 9.59 Å². The third-order valence-corrected chi connectivity index (χ3v) is 2.40. The van der Waals surface area contributed by atoms with Gasteiger partial charge in [-0.1, -0.05) is 0 Å². The first-order chi connectivity index (χ1) is 8.45. The molecule has 0 aliphatic heterocycles. The number of hydrogen-bond donors (Lipinski definition) is 3. The Bertz CT molecular complexity index is 457. The van der Waals surface area contributed by atoms with Crippen LogP contribution in [-0.2, 0) is 4.79 Å². The lowest BCUT2D eigenvalue weighted by molar-refractivity contribution is -0.118. The number of carbonyl (C=O) groups excluding carboxylic acids is 2. The van der Waals surface area contributed by atoms with Crippen molar-refractivity contribution in [2.75, 3.05) is 38.7 Å². The van der Waals surface area contributed by atoms with E-state index in [-0.39, 0.29) is 18.4 Å². The van der Waals surface area contributed by atoms with Gasteiger partial charge in [0.1, 0.15) is 0 Å². The first-order valence-electron chi connectivity index (χ1n) is 5.51. The van der Waals surface area contributed by atoms with Crippen molar-refractivity contribution in [2.45, 2.75) is 0 Å². The number of anilines is 2. The molecular weight excluding hydrogens is 232 g/mol. The lowest BCUT2D eigenvalue weighted by Crippen LogP contribution is -2.28. The third-order valence-electron chi connectivity index (χ3n) is 2.40. The number of nitrogen functional groups attached to an aromatic ring is 1. The molecule has 6 nitrogen and oxygen atoms in total. The van der Waals surface area contributed by atoms with E-state index < -0.39 is 0 Å². The van der Waals surface area contributed by atoms with Gasteiger partial charge in [0, 0.05) is 32.5 Å². The number of nitrogens with one attached hydrogen (secondary N) is 2. The van der Waals surface area contributed by atoms with Crippen LogP contribution in [0.4, 0.5) is 11.4 Å². The number of benzene rings is 1. The molecule has 0 bridgehead atoms. The Hall–Kier alpha value is -2.24. The van der Waals surface area contributed by atoms with Crippen LogP contribution in [0.5, 0.6) is 0 Å². The van der Waals surface area contributed by atoms with Crippen LogP contribution >= 0.6 is 0 Å². The molecule has 0 aliphatic carbocycles. The standard InChI is InChI=1S/C12H18N4O2/c1-14-11(17)7-15-10-6-8(13)4-5-9(10)12(18)16(2)3/h4-6,15H,7,13H2,1-3H3,(H,14,17). The fourth-order valence-corrected chi connectivity index (χ4v) is 1.40. The molecule has 1 aromatic carbocycles. The van der Waals surface area contributed by atoms with Crippen LogP contribution in [0.2, 0.25) is 0 Å². The summed E-state index contributed by atoms with van der Waals surface area (Å²) in [7, 11) is 4.89. The second-order valence-corrected chi connectivity index (χ2v) is 4.03. The highest BCUT2D eigenvalue weighted by atomic mass is 16.2. The van der Waals surface area contributed by atoms with E-state index in [1.165, 1.54) is 4.90 Å². The summed E-state index contributed by atoms with van der Waals surface area (Å²) in [6.07, 6.45) is 0. The quantitative estimate of drug-likeness (QED) is 0.663. The van der Waals surface area contributed by atoms with Gasteiger partial charge >= 0.3 is 0 Å². The number of rotatable bonds is 4. The summed E-state index contributed by atoms with van der Waals surface area (Å²) in [5.41, 5.74) is 7.25. The number of nitrogens with two attached hydrogens (primary N) is 1. The summed E-state index contributed by atoms with van der Waals surface area (Å²) in [4.78, 5) is 24.6. The molecule has 0 spiro atoms. The predicted molar refractivity (Wildman–Crippen MR) is 71.4 cm³/mol.